The van der Waals surface area contributed by atoms with Crippen molar-refractivity contribution in [2.45, 2.75) is 31.3 Å². The Morgan fingerprint density at radius 2 is 1.74 bits per heavy atom. The Kier molecular flexibility index (Phi) is 6.79. The van der Waals surface area contributed by atoms with E-state index in [9.17, 15) is 18.0 Å². The third-order valence-electron chi connectivity index (χ3n) is 5.78. The van der Waals surface area contributed by atoms with Gasteiger partial charge in [0.1, 0.15) is 10.6 Å². The van der Waals surface area contributed by atoms with Crippen molar-refractivity contribution in [2.24, 2.45) is 0 Å². The van der Waals surface area contributed by atoms with Gasteiger partial charge < -0.3 is 14.4 Å². The van der Waals surface area contributed by atoms with Gasteiger partial charge in [0.25, 0.3) is 15.9 Å². The van der Waals surface area contributed by atoms with Crippen molar-refractivity contribution >= 4 is 33.3 Å². The lowest BCUT2D eigenvalue weighted by molar-refractivity contribution is -0.126. The van der Waals surface area contributed by atoms with Crippen LogP contribution in [-0.2, 0) is 26.0 Å². The molecule has 8 nitrogen and oxygen atoms in total. The molecule has 1 aliphatic rings. The molecule has 0 radical (unpaired) electrons. The van der Waals surface area contributed by atoms with E-state index in [-0.39, 0.29) is 22.1 Å². The number of esters is 1. The number of carbonyl (C=O) groups is 2. The van der Waals surface area contributed by atoms with Crippen LogP contribution in [0.2, 0.25) is 0 Å². The number of nitrogens with one attached hydrogen (secondary N) is 1. The van der Waals surface area contributed by atoms with Crippen molar-refractivity contribution in [3.05, 3.63) is 83.4 Å². The number of hydrogen-bond acceptors (Lipinski definition) is 6. The minimum atomic E-state index is -4.07. The van der Waals surface area contributed by atoms with Crippen LogP contribution in [0.3, 0.4) is 0 Å². The standard InChI is InChI=1S/C26H26N2O6S/c1-17-8-11-21(12-9-17)27-35(31,32)24-16-20(10-13-23(24)33-3)26(30)34-18(2)25(29)28-15-14-19-6-4-5-7-22(19)28/h4-13,16,18,27H,14-15H2,1-3H3. The predicted molar refractivity (Wildman–Crippen MR) is 132 cm³/mol. The molecular weight excluding hydrogens is 468 g/mol. The number of carbonyl (C=O) groups excluding carboxylic acids is 2. The quantitative estimate of drug-likeness (QED) is 0.499. The summed E-state index contributed by atoms with van der Waals surface area (Å²) in [6.45, 7) is 3.90. The van der Waals surface area contributed by atoms with E-state index < -0.39 is 22.1 Å². The second-order valence-corrected chi connectivity index (χ2v) is 9.90. The number of amides is 1. The Morgan fingerprint density at radius 3 is 2.46 bits per heavy atom. The largest absolute Gasteiger partial charge is 0.495 e. The molecule has 0 bridgehead atoms. The molecular formula is C26H26N2O6S. The minimum Gasteiger partial charge on any atom is -0.495 e. The summed E-state index contributed by atoms with van der Waals surface area (Å²) < 4.78 is 39.2. The number of hydrogen-bond donors (Lipinski definition) is 1. The third-order valence-corrected chi connectivity index (χ3v) is 7.18. The third kappa shape index (κ3) is 5.14. The van der Waals surface area contributed by atoms with Crippen LogP contribution in [0.4, 0.5) is 11.4 Å². The molecule has 1 unspecified atom stereocenters. The SMILES string of the molecule is COc1ccc(C(=O)OC(C)C(=O)N2CCc3ccccc32)cc1S(=O)(=O)Nc1ccc(C)cc1. The molecule has 1 N–H and O–H groups in total. The first-order valence-corrected chi connectivity index (χ1v) is 12.6. The Balaban J connectivity index is 1.53. The van der Waals surface area contributed by atoms with E-state index in [0.717, 1.165) is 23.2 Å². The van der Waals surface area contributed by atoms with Crippen LogP contribution in [0, 0.1) is 6.92 Å². The maximum atomic E-state index is 13.1. The molecule has 0 aliphatic carbocycles. The monoisotopic (exact) mass is 494 g/mol. The molecule has 9 heteroatoms. The number of anilines is 2. The van der Waals surface area contributed by atoms with Crippen molar-refractivity contribution in [3.8, 4) is 5.75 Å². The average molecular weight is 495 g/mol. The van der Waals surface area contributed by atoms with Crippen LogP contribution in [0.25, 0.3) is 0 Å². The maximum Gasteiger partial charge on any atom is 0.338 e. The smallest absolute Gasteiger partial charge is 0.338 e. The van der Waals surface area contributed by atoms with Crippen LogP contribution >= 0.6 is 0 Å². The number of benzene rings is 3. The first-order chi connectivity index (χ1) is 16.7. The second kappa shape index (κ2) is 9.79. The fraction of sp³-hybridized carbons (Fsp3) is 0.231. The molecule has 1 heterocycles. The highest BCUT2D eigenvalue weighted by Crippen LogP contribution is 2.30. The topological polar surface area (TPSA) is 102 Å². The van der Waals surface area contributed by atoms with Crippen molar-refractivity contribution in [2.75, 3.05) is 23.3 Å². The molecule has 0 fully saturated rings. The summed E-state index contributed by atoms with van der Waals surface area (Å²) in [6.07, 6.45) is -0.322. The lowest BCUT2D eigenvalue weighted by Crippen LogP contribution is -2.39. The summed E-state index contributed by atoms with van der Waals surface area (Å²) in [5.74, 6) is -1.09. The Bertz CT molecular complexity index is 1370. The van der Waals surface area contributed by atoms with Crippen LogP contribution < -0.4 is 14.4 Å². The lowest BCUT2D eigenvalue weighted by Gasteiger charge is -2.22. The van der Waals surface area contributed by atoms with E-state index in [1.54, 1.807) is 29.2 Å². The van der Waals surface area contributed by atoms with Gasteiger partial charge in [-0.05, 0) is 62.2 Å². The summed E-state index contributed by atoms with van der Waals surface area (Å²) in [5, 5.41) is 0. The number of ether oxygens (including phenoxy) is 2. The van der Waals surface area contributed by atoms with E-state index in [2.05, 4.69) is 4.72 Å². The summed E-state index contributed by atoms with van der Waals surface area (Å²) in [6, 6.07) is 18.4. The van der Waals surface area contributed by atoms with Crippen LogP contribution in [0.5, 0.6) is 5.75 Å². The zero-order valence-electron chi connectivity index (χ0n) is 19.6. The molecule has 4 rings (SSSR count). The van der Waals surface area contributed by atoms with Crippen molar-refractivity contribution in [1.29, 1.82) is 0 Å². The number of methoxy groups -OCH3 is 1. The number of para-hydroxylation sites is 1. The molecule has 35 heavy (non-hydrogen) atoms. The number of rotatable bonds is 7. The molecule has 1 amide bonds. The summed E-state index contributed by atoms with van der Waals surface area (Å²) in [7, 11) is -2.73. The molecule has 3 aromatic carbocycles. The lowest BCUT2D eigenvalue weighted by atomic mass is 10.2. The summed E-state index contributed by atoms with van der Waals surface area (Å²) in [4.78, 5) is 27.2. The summed E-state index contributed by atoms with van der Waals surface area (Å²) >= 11 is 0. The number of aryl methyl sites for hydroxylation is 1. The highest BCUT2D eigenvalue weighted by molar-refractivity contribution is 7.92. The van der Waals surface area contributed by atoms with Gasteiger partial charge >= 0.3 is 5.97 Å². The van der Waals surface area contributed by atoms with Gasteiger partial charge in [-0.2, -0.15) is 0 Å². The number of sulfonamides is 1. The fourth-order valence-electron chi connectivity index (χ4n) is 3.91. The van der Waals surface area contributed by atoms with Crippen LogP contribution in [-0.4, -0.2) is 40.1 Å². The van der Waals surface area contributed by atoms with Crippen LogP contribution in [0.15, 0.2) is 71.6 Å². The van der Waals surface area contributed by atoms with E-state index in [4.69, 9.17) is 9.47 Å². The zero-order valence-corrected chi connectivity index (χ0v) is 20.5. The van der Waals surface area contributed by atoms with Gasteiger partial charge in [-0.3, -0.25) is 9.52 Å². The van der Waals surface area contributed by atoms with E-state index >= 15 is 0 Å². The minimum absolute atomic E-state index is 0.0171. The molecule has 0 saturated carbocycles. The van der Waals surface area contributed by atoms with E-state index in [1.807, 2.05) is 31.2 Å². The summed E-state index contributed by atoms with van der Waals surface area (Å²) in [5.41, 5.74) is 3.20. The van der Waals surface area contributed by atoms with Gasteiger partial charge in [-0.15, -0.1) is 0 Å². The second-order valence-electron chi connectivity index (χ2n) is 8.25. The molecule has 0 spiro atoms. The fourth-order valence-corrected chi connectivity index (χ4v) is 5.17. The van der Waals surface area contributed by atoms with Gasteiger partial charge in [-0.25, -0.2) is 13.2 Å². The highest BCUT2D eigenvalue weighted by Gasteiger charge is 2.30. The van der Waals surface area contributed by atoms with Gasteiger partial charge in [0.05, 0.1) is 12.7 Å². The van der Waals surface area contributed by atoms with Gasteiger partial charge in [0.2, 0.25) is 0 Å². The molecule has 1 atom stereocenters. The maximum absolute atomic E-state index is 13.1. The van der Waals surface area contributed by atoms with Gasteiger partial charge in [0.15, 0.2) is 6.10 Å². The average Bonchev–Trinajstić information content (AvgIpc) is 3.28. The molecule has 182 valence electrons. The Labute approximate surface area is 204 Å². The predicted octanol–water partition coefficient (Wildman–Crippen LogP) is 3.94. The molecule has 0 aromatic heterocycles. The molecule has 1 aliphatic heterocycles. The zero-order chi connectivity index (χ0) is 25.2. The molecule has 3 aromatic rings. The highest BCUT2D eigenvalue weighted by atomic mass is 32.2. The normalized spacial score (nSPS) is 13.6. The van der Waals surface area contributed by atoms with Gasteiger partial charge in [0, 0.05) is 17.9 Å². The van der Waals surface area contributed by atoms with E-state index in [1.165, 1.54) is 32.2 Å². The van der Waals surface area contributed by atoms with Crippen molar-refractivity contribution < 1.29 is 27.5 Å². The van der Waals surface area contributed by atoms with E-state index in [0.29, 0.717) is 12.2 Å². The number of nitrogens with zero attached hydrogens (tertiary/aromatic N) is 1. The number of fused-ring (bicyclic) bond motifs is 1. The first-order valence-electron chi connectivity index (χ1n) is 11.1. The van der Waals surface area contributed by atoms with Crippen molar-refractivity contribution in [3.63, 3.8) is 0 Å². The molecule has 0 saturated heterocycles. The van der Waals surface area contributed by atoms with Crippen LogP contribution in [0.1, 0.15) is 28.4 Å². The van der Waals surface area contributed by atoms with Gasteiger partial charge in [-0.1, -0.05) is 35.9 Å². The Hall–Kier alpha value is -3.85. The Morgan fingerprint density at radius 1 is 1.03 bits per heavy atom. The first kappa shape index (κ1) is 24.3. The van der Waals surface area contributed by atoms with Crippen molar-refractivity contribution in [1.82, 2.24) is 0 Å².